The highest BCUT2D eigenvalue weighted by Crippen LogP contribution is 2.38. The van der Waals surface area contributed by atoms with Gasteiger partial charge in [0, 0.05) is 19.2 Å². The van der Waals surface area contributed by atoms with Gasteiger partial charge in [0.15, 0.2) is 5.60 Å². The van der Waals surface area contributed by atoms with Gasteiger partial charge >= 0.3 is 6.18 Å². The molecule has 35 heavy (non-hydrogen) atoms. The number of nitrogens with zero attached hydrogens (tertiary/aromatic N) is 4. The number of alkyl halides is 5. The van der Waals surface area contributed by atoms with Crippen molar-refractivity contribution in [2.75, 3.05) is 18.4 Å². The van der Waals surface area contributed by atoms with E-state index in [2.05, 4.69) is 15.3 Å². The number of likely N-dealkylation sites (tertiary alicyclic amines) is 1. The smallest absolute Gasteiger partial charge is 0.378 e. The van der Waals surface area contributed by atoms with Crippen molar-refractivity contribution in [2.45, 2.75) is 24.7 Å². The Morgan fingerprint density at radius 3 is 2.57 bits per heavy atom. The maximum absolute atomic E-state index is 14.4. The molecule has 0 radical (unpaired) electrons. The molecule has 1 aliphatic heterocycles. The van der Waals surface area contributed by atoms with Gasteiger partial charge < -0.3 is 15.3 Å². The summed E-state index contributed by atoms with van der Waals surface area (Å²) in [5, 5.41) is 12.5. The number of aliphatic hydroxyl groups is 1. The van der Waals surface area contributed by atoms with E-state index >= 15 is 0 Å². The number of anilines is 1. The molecular formula is C21H17F6N5O3. The summed E-state index contributed by atoms with van der Waals surface area (Å²) < 4.78 is 80.0. The van der Waals surface area contributed by atoms with Crippen molar-refractivity contribution in [1.82, 2.24) is 19.4 Å². The second kappa shape index (κ2) is 8.52. The maximum Gasteiger partial charge on any atom is 0.420 e. The number of rotatable bonds is 5. The van der Waals surface area contributed by atoms with E-state index in [4.69, 9.17) is 0 Å². The Balaban J connectivity index is 1.66. The molecule has 0 aliphatic carbocycles. The van der Waals surface area contributed by atoms with Crippen LogP contribution in [0.3, 0.4) is 0 Å². The summed E-state index contributed by atoms with van der Waals surface area (Å²) in [6, 6.07) is 4.58. The number of pyridine rings is 1. The maximum atomic E-state index is 14.4. The summed E-state index contributed by atoms with van der Waals surface area (Å²) in [4.78, 5) is 34.1. The highest BCUT2D eigenvalue weighted by Gasteiger charge is 2.62. The van der Waals surface area contributed by atoms with Crippen LogP contribution in [0.2, 0.25) is 0 Å². The number of carbonyl (C=O) groups is 1. The molecule has 3 aromatic rings. The molecular weight excluding hydrogens is 484 g/mol. The Kier molecular flexibility index (Phi) is 5.95. The molecule has 1 amide bonds. The number of hydrogen-bond acceptors (Lipinski definition) is 6. The Labute approximate surface area is 192 Å². The van der Waals surface area contributed by atoms with Crippen LogP contribution in [0.1, 0.15) is 27.9 Å². The lowest BCUT2D eigenvalue weighted by molar-refractivity contribution is -0.294. The zero-order chi connectivity index (χ0) is 25.7. The van der Waals surface area contributed by atoms with Crippen LogP contribution < -0.4 is 10.9 Å². The zero-order valence-corrected chi connectivity index (χ0v) is 17.9. The topological polar surface area (TPSA) is 100 Å². The molecule has 1 saturated heterocycles. The Bertz CT molecular complexity index is 1370. The number of amides is 1. The molecule has 1 aromatic carbocycles. The van der Waals surface area contributed by atoms with Crippen LogP contribution in [0.25, 0.3) is 11.0 Å². The van der Waals surface area contributed by atoms with Gasteiger partial charge in [0.05, 0.1) is 24.0 Å². The Morgan fingerprint density at radius 1 is 1.26 bits per heavy atom. The van der Waals surface area contributed by atoms with E-state index in [1.54, 1.807) is 0 Å². The van der Waals surface area contributed by atoms with Gasteiger partial charge in [0.25, 0.3) is 17.9 Å². The normalized spacial score (nSPS) is 15.4. The van der Waals surface area contributed by atoms with Crippen molar-refractivity contribution in [3.05, 3.63) is 63.5 Å². The monoisotopic (exact) mass is 501 g/mol. The fraction of sp³-hybridized carbons (Fsp3) is 0.333. The summed E-state index contributed by atoms with van der Waals surface area (Å²) in [6.07, 6.45) is -6.88. The molecule has 14 heteroatoms. The molecule has 0 atom stereocenters. The second-order valence-electron chi connectivity index (χ2n) is 8.05. The molecule has 186 valence electrons. The number of aryl methyl sites for hydroxylation is 1. The predicted octanol–water partition coefficient (Wildman–Crippen LogP) is 2.77. The summed E-state index contributed by atoms with van der Waals surface area (Å²) in [5.41, 5.74) is -5.21. The van der Waals surface area contributed by atoms with Crippen molar-refractivity contribution in [3.8, 4) is 0 Å². The van der Waals surface area contributed by atoms with E-state index in [9.17, 15) is 41.0 Å². The molecule has 3 heterocycles. The first-order valence-electron chi connectivity index (χ1n) is 10.1. The van der Waals surface area contributed by atoms with Gasteiger partial charge in [-0.25, -0.2) is 23.1 Å². The third-order valence-corrected chi connectivity index (χ3v) is 5.74. The van der Waals surface area contributed by atoms with Crippen molar-refractivity contribution >= 4 is 22.8 Å². The Morgan fingerprint density at radius 2 is 1.94 bits per heavy atom. The second-order valence-corrected chi connectivity index (χ2v) is 8.05. The zero-order valence-electron chi connectivity index (χ0n) is 17.9. The van der Waals surface area contributed by atoms with Crippen LogP contribution in [0.4, 0.5) is 32.2 Å². The average Bonchev–Trinajstić information content (AvgIpc) is 2.77. The molecule has 1 fully saturated rings. The summed E-state index contributed by atoms with van der Waals surface area (Å²) in [5.74, 6) is -2.12. The fourth-order valence-electron chi connectivity index (χ4n) is 3.73. The van der Waals surface area contributed by atoms with Crippen LogP contribution in [-0.4, -0.2) is 55.3 Å². The molecule has 4 rings (SSSR count). The molecule has 0 unspecified atom stereocenters. The van der Waals surface area contributed by atoms with Gasteiger partial charge in [-0.15, -0.1) is 0 Å². The van der Waals surface area contributed by atoms with Crippen LogP contribution >= 0.6 is 0 Å². The van der Waals surface area contributed by atoms with E-state index in [1.807, 2.05) is 0 Å². The lowest BCUT2D eigenvalue weighted by atomic mass is 9.92. The van der Waals surface area contributed by atoms with Gasteiger partial charge in [0.1, 0.15) is 29.2 Å². The third kappa shape index (κ3) is 4.17. The van der Waals surface area contributed by atoms with Crippen molar-refractivity contribution in [1.29, 1.82) is 0 Å². The summed E-state index contributed by atoms with van der Waals surface area (Å²) >= 11 is 0. The number of β-amino-alcohol motifs (C(OH)–C–C–N with tert-alkyl or cyclic N) is 1. The molecule has 0 saturated carbocycles. The van der Waals surface area contributed by atoms with Gasteiger partial charge in [-0.3, -0.25) is 14.2 Å². The van der Waals surface area contributed by atoms with E-state index in [0.29, 0.717) is 4.90 Å². The number of halogens is 6. The van der Waals surface area contributed by atoms with Crippen molar-refractivity contribution < 1.29 is 36.2 Å². The molecule has 2 N–H and O–H groups in total. The molecule has 1 aliphatic rings. The highest BCUT2D eigenvalue weighted by molar-refractivity contribution is 5.99. The van der Waals surface area contributed by atoms with Crippen LogP contribution in [-0.2, 0) is 13.6 Å². The predicted molar refractivity (Wildman–Crippen MR) is 110 cm³/mol. The number of benzene rings is 1. The van der Waals surface area contributed by atoms with E-state index in [1.165, 1.54) is 19.2 Å². The molecule has 8 nitrogen and oxygen atoms in total. The first-order valence-corrected chi connectivity index (χ1v) is 10.1. The minimum absolute atomic E-state index is 0.0249. The number of nitrogens with one attached hydrogen (secondary N) is 1. The first kappa shape index (κ1) is 24.4. The van der Waals surface area contributed by atoms with Gasteiger partial charge in [-0.1, -0.05) is 18.2 Å². The first-order chi connectivity index (χ1) is 16.3. The van der Waals surface area contributed by atoms with Gasteiger partial charge in [0.2, 0.25) is 0 Å². The number of fused-ring (bicyclic) bond motifs is 1. The van der Waals surface area contributed by atoms with Crippen LogP contribution in [0, 0.1) is 5.82 Å². The van der Waals surface area contributed by atoms with Crippen molar-refractivity contribution in [2.24, 2.45) is 7.05 Å². The molecule has 2 aromatic heterocycles. The number of aromatic nitrogens is 3. The fourth-order valence-corrected chi connectivity index (χ4v) is 3.73. The summed E-state index contributed by atoms with van der Waals surface area (Å²) in [7, 11) is 1.28. The van der Waals surface area contributed by atoms with Crippen LogP contribution in [0.15, 0.2) is 35.4 Å². The molecule has 0 spiro atoms. The lowest BCUT2D eigenvalue weighted by Crippen LogP contribution is -2.70. The van der Waals surface area contributed by atoms with Crippen LogP contribution in [0.5, 0.6) is 0 Å². The van der Waals surface area contributed by atoms with Gasteiger partial charge in [-0.05, 0) is 6.07 Å². The largest absolute Gasteiger partial charge is 0.420 e. The van der Waals surface area contributed by atoms with E-state index in [-0.39, 0.29) is 29.0 Å². The number of hydrogen-bond donors (Lipinski definition) is 2. The quantitative estimate of drug-likeness (QED) is 0.522. The highest BCUT2D eigenvalue weighted by atomic mass is 19.4. The lowest BCUT2D eigenvalue weighted by Gasteiger charge is -2.46. The summed E-state index contributed by atoms with van der Waals surface area (Å²) in [6.45, 7) is -2.35. The Hall–Kier alpha value is -3.68. The van der Waals surface area contributed by atoms with Gasteiger partial charge in [-0.2, -0.15) is 13.2 Å². The standard InChI is InChI=1S/C21H17F6N5O3/c1-31-17-12(5-13(18(31)33)19(34)32-7-20(35,8-32)21(25,26)27)16(29-9-30-17)28-6-10-3-2-4-11(14(10)22)15(23)24/h2-5,9,15,35H,6-8H2,1H3,(H,28,29,30). The third-order valence-electron chi connectivity index (χ3n) is 5.74. The SMILES string of the molecule is Cn1c(=O)c(C(=O)N2CC(O)(C(F)(F)F)C2)cc2c(NCc3cccc(C(F)F)c3F)ncnc21. The van der Waals surface area contributed by atoms with E-state index in [0.717, 1.165) is 23.0 Å². The van der Waals surface area contributed by atoms with Crippen molar-refractivity contribution in [3.63, 3.8) is 0 Å². The minimum atomic E-state index is -4.94. The molecule has 0 bridgehead atoms. The minimum Gasteiger partial charge on any atom is -0.378 e. The average molecular weight is 501 g/mol. The van der Waals surface area contributed by atoms with E-state index < -0.39 is 59.7 Å². The number of carbonyl (C=O) groups excluding carboxylic acids is 1.